The first-order chi connectivity index (χ1) is 14.9. The van der Waals surface area contributed by atoms with Crippen LogP contribution in [0.15, 0.2) is 86.0 Å². The quantitative estimate of drug-likeness (QED) is 0.260. The van der Waals surface area contributed by atoms with Crippen LogP contribution in [0.1, 0.15) is 27.0 Å². The number of aromatic hydroxyl groups is 2. The van der Waals surface area contributed by atoms with E-state index in [-0.39, 0.29) is 22.8 Å². The highest BCUT2D eigenvalue weighted by Crippen LogP contribution is 2.39. The average Bonchev–Trinajstić information content (AvgIpc) is 2.75. The molecule has 0 heterocycles. The van der Waals surface area contributed by atoms with E-state index in [1.54, 1.807) is 42.5 Å². The van der Waals surface area contributed by atoms with Crippen molar-refractivity contribution in [1.29, 1.82) is 0 Å². The van der Waals surface area contributed by atoms with Crippen LogP contribution < -0.4 is 0 Å². The number of carbonyl (C=O) groups is 1. The number of phenols is 2. The Morgan fingerprint density at radius 2 is 1.61 bits per heavy atom. The van der Waals surface area contributed by atoms with Gasteiger partial charge in [0.05, 0.1) is 0 Å². The fraction of sp³-hybridized carbons (Fsp3) is 0.0741. The van der Waals surface area contributed by atoms with Gasteiger partial charge in [-0.3, -0.25) is 4.79 Å². The summed E-state index contributed by atoms with van der Waals surface area (Å²) in [6.45, 7) is 7.49. The van der Waals surface area contributed by atoms with E-state index in [0.717, 1.165) is 17.2 Å². The first-order valence-electron chi connectivity index (χ1n) is 9.81. The van der Waals surface area contributed by atoms with Gasteiger partial charge in [-0.15, -0.1) is 13.2 Å². The number of rotatable bonds is 8. The van der Waals surface area contributed by atoms with Crippen molar-refractivity contribution in [2.45, 2.75) is 12.8 Å². The van der Waals surface area contributed by atoms with E-state index in [0.29, 0.717) is 29.5 Å². The van der Waals surface area contributed by atoms with Crippen molar-refractivity contribution < 1.29 is 19.4 Å². The molecule has 0 aliphatic carbocycles. The minimum Gasteiger partial charge on any atom is -0.507 e. The van der Waals surface area contributed by atoms with Gasteiger partial charge in [-0.2, -0.15) is 0 Å². The first-order valence-corrected chi connectivity index (χ1v) is 9.81. The van der Waals surface area contributed by atoms with E-state index >= 15 is 0 Å². The van der Waals surface area contributed by atoms with Crippen molar-refractivity contribution >= 4 is 11.9 Å². The fourth-order valence-electron chi connectivity index (χ4n) is 3.33. The summed E-state index contributed by atoms with van der Waals surface area (Å²) in [7, 11) is 0. The van der Waals surface area contributed by atoms with Crippen molar-refractivity contribution in [2.75, 3.05) is 0 Å². The van der Waals surface area contributed by atoms with E-state index in [1.165, 1.54) is 30.4 Å². The van der Waals surface area contributed by atoms with Crippen molar-refractivity contribution in [3.8, 4) is 22.6 Å². The first kappa shape index (κ1) is 21.8. The summed E-state index contributed by atoms with van der Waals surface area (Å²) in [5.41, 5.74) is 3.35. The van der Waals surface area contributed by atoms with Gasteiger partial charge in [0.25, 0.3) is 0 Å². The second-order valence-corrected chi connectivity index (χ2v) is 7.13. The van der Waals surface area contributed by atoms with Gasteiger partial charge < -0.3 is 10.2 Å². The Hall–Kier alpha value is -3.92. The zero-order valence-electron chi connectivity index (χ0n) is 17.0. The SMILES string of the molecule is C=CCc1ccc(O)c(-c2cc(CC=C)cc(C=CC(=O)c3cccc(F)c3)c2O)c1. The minimum atomic E-state index is -0.493. The molecule has 156 valence electrons. The van der Waals surface area contributed by atoms with Gasteiger partial charge >= 0.3 is 0 Å². The summed E-state index contributed by atoms with van der Waals surface area (Å²) in [5, 5.41) is 21.3. The Bertz CT molecular complexity index is 1180. The summed E-state index contributed by atoms with van der Waals surface area (Å²) in [6.07, 6.45) is 7.43. The van der Waals surface area contributed by atoms with E-state index in [1.807, 2.05) is 0 Å². The molecule has 3 aromatic rings. The standard InChI is InChI=1S/C27H23FO3/c1-3-6-18-10-12-26(30)23(15-18)24-16-19(7-4-2)14-21(27(24)31)11-13-25(29)20-8-5-9-22(28)17-20/h3-5,8-17,30-31H,1-2,6-7H2. The largest absolute Gasteiger partial charge is 0.507 e. The van der Waals surface area contributed by atoms with Gasteiger partial charge in [0, 0.05) is 22.3 Å². The minimum absolute atomic E-state index is 0.0321. The third-order valence-corrected chi connectivity index (χ3v) is 4.83. The molecule has 0 bridgehead atoms. The molecule has 3 rings (SSSR count). The lowest BCUT2D eigenvalue weighted by Crippen LogP contribution is -1.95. The van der Waals surface area contributed by atoms with Crippen LogP contribution in [0.3, 0.4) is 0 Å². The third-order valence-electron chi connectivity index (χ3n) is 4.83. The van der Waals surface area contributed by atoms with E-state index in [2.05, 4.69) is 13.2 Å². The van der Waals surface area contributed by atoms with Gasteiger partial charge in [-0.1, -0.05) is 30.4 Å². The second-order valence-electron chi connectivity index (χ2n) is 7.13. The molecule has 0 spiro atoms. The Kier molecular flexibility index (Phi) is 6.83. The van der Waals surface area contributed by atoms with Gasteiger partial charge in [-0.05, 0) is 72.5 Å². The number of allylic oxidation sites excluding steroid dienone is 3. The average molecular weight is 414 g/mol. The van der Waals surface area contributed by atoms with Crippen molar-refractivity contribution in [1.82, 2.24) is 0 Å². The van der Waals surface area contributed by atoms with E-state index in [9.17, 15) is 19.4 Å². The maximum absolute atomic E-state index is 13.4. The number of benzene rings is 3. The highest BCUT2D eigenvalue weighted by atomic mass is 19.1. The summed E-state index contributed by atoms with van der Waals surface area (Å²) < 4.78 is 13.4. The third kappa shape index (κ3) is 5.17. The number of halogens is 1. The molecule has 0 atom stereocenters. The zero-order valence-corrected chi connectivity index (χ0v) is 17.0. The van der Waals surface area contributed by atoms with Gasteiger partial charge in [0.15, 0.2) is 5.78 Å². The molecule has 0 aliphatic rings. The van der Waals surface area contributed by atoms with Crippen LogP contribution in [-0.2, 0) is 12.8 Å². The molecule has 3 aromatic carbocycles. The lowest BCUT2D eigenvalue weighted by atomic mass is 9.94. The fourth-order valence-corrected chi connectivity index (χ4v) is 3.33. The van der Waals surface area contributed by atoms with Crippen LogP contribution in [0.5, 0.6) is 11.5 Å². The van der Waals surface area contributed by atoms with Crippen LogP contribution in [0.2, 0.25) is 0 Å². The molecule has 0 saturated carbocycles. The molecule has 0 fully saturated rings. The zero-order chi connectivity index (χ0) is 22.4. The van der Waals surface area contributed by atoms with Gasteiger partial charge in [0.1, 0.15) is 17.3 Å². The lowest BCUT2D eigenvalue weighted by molar-refractivity contribution is 0.104. The summed E-state index contributed by atoms with van der Waals surface area (Å²) in [6, 6.07) is 14.1. The van der Waals surface area contributed by atoms with Crippen molar-refractivity contribution in [2.24, 2.45) is 0 Å². The summed E-state index contributed by atoms with van der Waals surface area (Å²) >= 11 is 0. The van der Waals surface area contributed by atoms with Crippen LogP contribution in [0.4, 0.5) is 4.39 Å². The molecule has 0 aromatic heterocycles. The molecule has 31 heavy (non-hydrogen) atoms. The second kappa shape index (κ2) is 9.72. The number of carbonyl (C=O) groups excluding carboxylic acids is 1. The van der Waals surface area contributed by atoms with Crippen LogP contribution in [0.25, 0.3) is 17.2 Å². The van der Waals surface area contributed by atoms with E-state index in [4.69, 9.17) is 0 Å². The molecule has 3 nitrogen and oxygen atoms in total. The number of hydrogen-bond donors (Lipinski definition) is 2. The van der Waals surface area contributed by atoms with Gasteiger partial charge in [-0.25, -0.2) is 4.39 Å². The molecule has 0 unspecified atom stereocenters. The maximum atomic E-state index is 13.4. The highest BCUT2D eigenvalue weighted by Gasteiger charge is 2.15. The van der Waals surface area contributed by atoms with Crippen LogP contribution in [-0.4, -0.2) is 16.0 Å². The molecule has 2 N–H and O–H groups in total. The molecular formula is C27H23FO3. The number of ketones is 1. The number of hydrogen-bond acceptors (Lipinski definition) is 3. The Balaban J connectivity index is 2.07. The molecule has 4 heteroatoms. The van der Waals surface area contributed by atoms with Crippen LogP contribution in [0, 0.1) is 5.82 Å². The Morgan fingerprint density at radius 1 is 0.903 bits per heavy atom. The van der Waals surface area contributed by atoms with E-state index < -0.39 is 5.82 Å². The Morgan fingerprint density at radius 3 is 2.32 bits per heavy atom. The number of phenolic OH excluding ortho intramolecular Hbond substituents is 2. The predicted molar refractivity (Wildman–Crippen MR) is 123 cm³/mol. The van der Waals surface area contributed by atoms with Crippen molar-refractivity contribution in [3.05, 3.63) is 114 Å². The molecule has 0 aliphatic heterocycles. The lowest BCUT2D eigenvalue weighted by Gasteiger charge is -2.13. The summed E-state index contributed by atoms with van der Waals surface area (Å²) in [5.74, 6) is -0.913. The molecule has 0 saturated heterocycles. The monoisotopic (exact) mass is 414 g/mol. The molecular weight excluding hydrogens is 391 g/mol. The molecule has 0 amide bonds. The van der Waals surface area contributed by atoms with Gasteiger partial charge in [0.2, 0.25) is 0 Å². The topological polar surface area (TPSA) is 57.5 Å². The normalized spacial score (nSPS) is 10.9. The summed E-state index contributed by atoms with van der Waals surface area (Å²) in [4.78, 5) is 12.4. The highest BCUT2D eigenvalue weighted by molar-refractivity contribution is 6.07. The predicted octanol–water partition coefficient (Wildman–Crippen LogP) is 6.26. The maximum Gasteiger partial charge on any atom is 0.185 e. The molecule has 0 radical (unpaired) electrons. The van der Waals surface area contributed by atoms with Crippen LogP contribution >= 0.6 is 0 Å². The van der Waals surface area contributed by atoms with Crippen molar-refractivity contribution in [3.63, 3.8) is 0 Å². The Labute approximate surface area is 181 Å². The smallest absolute Gasteiger partial charge is 0.185 e.